The lowest BCUT2D eigenvalue weighted by Gasteiger charge is -2.33. The fourth-order valence-corrected chi connectivity index (χ4v) is 2.33. The molecular weight excluding hydrogens is 252 g/mol. The molecule has 0 aromatic rings. The summed E-state index contributed by atoms with van der Waals surface area (Å²) >= 11 is 0. The number of carbonyl (C=O) groups is 2. The second kappa shape index (κ2) is 6.31. The predicted molar refractivity (Wildman–Crippen MR) is 65.7 cm³/mol. The minimum absolute atomic E-state index is 0.129. The van der Waals surface area contributed by atoms with Gasteiger partial charge in [-0.05, 0) is 12.8 Å². The van der Waals surface area contributed by atoms with Crippen LogP contribution >= 0.6 is 0 Å². The molecule has 19 heavy (non-hydrogen) atoms. The molecule has 0 aromatic carbocycles. The Bertz CT molecular complexity index is 335. The Morgan fingerprint density at radius 3 is 2.63 bits per heavy atom. The number of carboxylic acids is 1. The van der Waals surface area contributed by atoms with Crippen molar-refractivity contribution < 1.29 is 24.2 Å². The van der Waals surface area contributed by atoms with E-state index in [2.05, 4.69) is 10.6 Å². The highest BCUT2D eigenvalue weighted by Crippen LogP contribution is 2.30. The number of morpholine rings is 1. The first-order valence-corrected chi connectivity index (χ1v) is 6.55. The van der Waals surface area contributed by atoms with Crippen LogP contribution in [0.2, 0.25) is 0 Å². The van der Waals surface area contributed by atoms with Gasteiger partial charge in [0.05, 0.1) is 12.0 Å². The minimum atomic E-state index is -0.907. The summed E-state index contributed by atoms with van der Waals surface area (Å²) in [5.74, 6) is -1.13. The molecule has 3 N–H and O–H groups in total. The Kier molecular flexibility index (Phi) is 4.73. The molecule has 0 spiro atoms. The minimum Gasteiger partial charge on any atom is -0.481 e. The summed E-state index contributed by atoms with van der Waals surface area (Å²) in [6.45, 7) is 2.67. The number of nitrogens with one attached hydrogen (secondary N) is 2. The number of ether oxygens (including phenoxy) is 2. The van der Waals surface area contributed by atoms with Gasteiger partial charge < -0.3 is 25.2 Å². The SMILES string of the molecule is O=C(NCC1(C(=O)O)CCOCC1)C1CNCCO1. The molecular formula is C12H20N2O5. The van der Waals surface area contributed by atoms with E-state index >= 15 is 0 Å². The van der Waals surface area contributed by atoms with E-state index in [9.17, 15) is 14.7 Å². The zero-order valence-corrected chi connectivity index (χ0v) is 10.8. The zero-order valence-electron chi connectivity index (χ0n) is 10.8. The number of carbonyl (C=O) groups excluding carboxylic acids is 1. The molecule has 0 bridgehead atoms. The van der Waals surface area contributed by atoms with Gasteiger partial charge in [0.15, 0.2) is 0 Å². The van der Waals surface area contributed by atoms with Crippen LogP contribution in [0.15, 0.2) is 0 Å². The van der Waals surface area contributed by atoms with E-state index in [1.54, 1.807) is 0 Å². The number of carboxylic acid groups (broad SMARTS) is 1. The molecule has 0 aliphatic carbocycles. The third kappa shape index (κ3) is 3.43. The van der Waals surface area contributed by atoms with E-state index in [4.69, 9.17) is 9.47 Å². The van der Waals surface area contributed by atoms with E-state index in [0.717, 1.165) is 6.54 Å². The highest BCUT2D eigenvalue weighted by atomic mass is 16.5. The molecule has 0 aromatic heterocycles. The smallest absolute Gasteiger partial charge is 0.311 e. The molecule has 2 fully saturated rings. The van der Waals surface area contributed by atoms with Crippen LogP contribution in [-0.4, -0.2) is 62.5 Å². The monoisotopic (exact) mass is 272 g/mol. The van der Waals surface area contributed by atoms with Crippen molar-refractivity contribution in [2.75, 3.05) is 39.5 Å². The van der Waals surface area contributed by atoms with Crippen molar-refractivity contribution in [3.05, 3.63) is 0 Å². The molecule has 2 saturated heterocycles. The van der Waals surface area contributed by atoms with Crippen LogP contribution < -0.4 is 10.6 Å². The molecule has 2 heterocycles. The third-order valence-corrected chi connectivity index (χ3v) is 3.72. The standard InChI is InChI=1S/C12H20N2O5/c15-10(9-7-13-3-6-19-9)14-8-12(11(16)17)1-4-18-5-2-12/h9,13H,1-8H2,(H,14,15)(H,16,17). The number of hydrogen-bond donors (Lipinski definition) is 3. The number of rotatable bonds is 4. The number of aliphatic carboxylic acids is 1. The van der Waals surface area contributed by atoms with Gasteiger partial charge >= 0.3 is 5.97 Å². The van der Waals surface area contributed by atoms with Crippen LogP contribution in [0.1, 0.15) is 12.8 Å². The van der Waals surface area contributed by atoms with E-state index in [-0.39, 0.29) is 12.5 Å². The summed E-state index contributed by atoms with van der Waals surface area (Å²) in [5.41, 5.74) is -0.907. The number of amides is 1. The molecule has 1 amide bonds. The Hall–Kier alpha value is -1.18. The van der Waals surface area contributed by atoms with Gasteiger partial charge in [-0.1, -0.05) is 0 Å². The van der Waals surface area contributed by atoms with Crippen molar-refractivity contribution in [1.29, 1.82) is 0 Å². The van der Waals surface area contributed by atoms with Gasteiger partial charge in [-0.25, -0.2) is 0 Å². The lowest BCUT2D eigenvalue weighted by Crippen LogP contribution is -2.52. The van der Waals surface area contributed by atoms with Gasteiger partial charge in [-0.15, -0.1) is 0 Å². The highest BCUT2D eigenvalue weighted by Gasteiger charge is 2.40. The summed E-state index contributed by atoms with van der Waals surface area (Å²) in [5, 5.41) is 15.1. The van der Waals surface area contributed by atoms with Gasteiger partial charge in [0, 0.05) is 32.8 Å². The van der Waals surface area contributed by atoms with Gasteiger partial charge in [0.2, 0.25) is 5.91 Å². The molecule has 1 atom stereocenters. The second-order valence-corrected chi connectivity index (χ2v) is 4.98. The molecule has 0 saturated carbocycles. The fourth-order valence-electron chi connectivity index (χ4n) is 2.33. The van der Waals surface area contributed by atoms with Crippen molar-refractivity contribution in [2.24, 2.45) is 5.41 Å². The molecule has 0 radical (unpaired) electrons. The van der Waals surface area contributed by atoms with Crippen LogP contribution in [-0.2, 0) is 19.1 Å². The molecule has 2 aliphatic rings. The first-order valence-electron chi connectivity index (χ1n) is 6.55. The molecule has 1 unspecified atom stereocenters. The van der Waals surface area contributed by atoms with E-state index < -0.39 is 17.5 Å². The first kappa shape index (κ1) is 14.2. The van der Waals surface area contributed by atoms with E-state index in [1.807, 2.05) is 0 Å². The van der Waals surface area contributed by atoms with Crippen LogP contribution in [0.4, 0.5) is 0 Å². The fraction of sp³-hybridized carbons (Fsp3) is 0.833. The van der Waals surface area contributed by atoms with Crippen molar-refractivity contribution in [2.45, 2.75) is 18.9 Å². The molecule has 108 valence electrons. The molecule has 7 heteroatoms. The van der Waals surface area contributed by atoms with Crippen molar-refractivity contribution in [1.82, 2.24) is 10.6 Å². The third-order valence-electron chi connectivity index (χ3n) is 3.72. The van der Waals surface area contributed by atoms with Crippen LogP contribution in [0.25, 0.3) is 0 Å². The predicted octanol–water partition coefficient (Wildman–Crippen LogP) is -1.03. The summed E-state index contributed by atoms with van der Waals surface area (Å²) in [6.07, 6.45) is 0.318. The highest BCUT2D eigenvalue weighted by molar-refractivity contribution is 5.82. The average Bonchev–Trinajstić information content (AvgIpc) is 2.46. The molecule has 2 aliphatic heterocycles. The van der Waals surface area contributed by atoms with E-state index in [0.29, 0.717) is 39.2 Å². The Morgan fingerprint density at radius 2 is 2.05 bits per heavy atom. The summed E-state index contributed by atoms with van der Waals surface area (Å²) in [4.78, 5) is 23.3. The maximum absolute atomic E-state index is 11.9. The van der Waals surface area contributed by atoms with E-state index in [1.165, 1.54) is 0 Å². The lowest BCUT2D eigenvalue weighted by atomic mass is 9.80. The van der Waals surface area contributed by atoms with Gasteiger partial charge in [0.25, 0.3) is 0 Å². The van der Waals surface area contributed by atoms with Gasteiger partial charge in [-0.2, -0.15) is 0 Å². The average molecular weight is 272 g/mol. The first-order chi connectivity index (χ1) is 9.14. The summed E-state index contributed by atoms with van der Waals surface area (Å²) < 4.78 is 10.5. The van der Waals surface area contributed by atoms with Crippen LogP contribution in [0, 0.1) is 5.41 Å². The Balaban J connectivity index is 1.87. The number of hydrogen-bond acceptors (Lipinski definition) is 5. The van der Waals surface area contributed by atoms with Crippen LogP contribution in [0.5, 0.6) is 0 Å². The summed E-state index contributed by atoms with van der Waals surface area (Å²) in [6, 6.07) is 0. The molecule has 2 rings (SSSR count). The topological polar surface area (TPSA) is 96.9 Å². The Morgan fingerprint density at radius 1 is 1.32 bits per heavy atom. The van der Waals surface area contributed by atoms with Crippen molar-refractivity contribution in [3.63, 3.8) is 0 Å². The van der Waals surface area contributed by atoms with Crippen molar-refractivity contribution >= 4 is 11.9 Å². The van der Waals surface area contributed by atoms with Gasteiger partial charge in [0.1, 0.15) is 6.10 Å². The van der Waals surface area contributed by atoms with Gasteiger partial charge in [-0.3, -0.25) is 9.59 Å². The maximum atomic E-state index is 11.9. The zero-order chi connectivity index (χ0) is 13.7. The lowest BCUT2D eigenvalue weighted by molar-refractivity contribution is -0.155. The summed E-state index contributed by atoms with van der Waals surface area (Å²) in [7, 11) is 0. The van der Waals surface area contributed by atoms with Crippen molar-refractivity contribution in [3.8, 4) is 0 Å². The second-order valence-electron chi connectivity index (χ2n) is 4.98. The largest absolute Gasteiger partial charge is 0.481 e. The quantitative estimate of drug-likeness (QED) is 0.605. The maximum Gasteiger partial charge on any atom is 0.311 e. The Labute approximate surface area is 111 Å². The van der Waals surface area contributed by atoms with Crippen LogP contribution in [0.3, 0.4) is 0 Å². The normalized spacial score (nSPS) is 26.6. The molecule has 7 nitrogen and oxygen atoms in total.